The maximum atomic E-state index is 11.9. The fourth-order valence-electron chi connectivity index (χ4n) is 3.00. The molecule has 0 aliphatic carbocycles. The predicted molar refractivity (Wildman–Crippen MR) is 126 cm³/mol. The summed E-state index contributed by atoms with van der Waals surface area (Å²) < 4.78 is 31.2. The van der Waals surface area contributed by atoms with Crippen LogP contribution in [0.25, 0.3) is 22.9 Å². The number of methoxy groups -OCH3 is 2. The molecule has 0 fully saturated rings. The zero-order valence-corrected chi connectivity index (χ0v) is 19.5. The molecular weight excluding hydrogens is 468 g/mol. The average Bonchev–Trinajstić information content (AvgIpc) is 3.60. The van der Waals surface area contributed by atoms with E-state index in [0.717, 1.165) is 23.3 Å². The Bertz CT molecular complexity index is 1230. The number of carbonyl (C=O) groups excluding carboxylic acids is 2. The van der Waals surface area contributed by atoms with Crippen LogP contribution in [0.1, 0.15) is 11.4 Å². The number of benzene rings is 2. The first kappa shape index (κ1) is 24.3. The van der Waals surface area contributed by atoms with Crippen molar-refractivity contribution in [1.82, 2.24) is 9.97 Å². The first-order valence-corrected chi connectivity index (χ1v) is 10.7. The number of nitrogens with zero attached hydrogens (tertiary/aromatic N) is 2. The molecule has 36 heavy (non-hydrogen) atoms. The van der Waals surface area contributed by atoms with Crippen LogP contribution in [0.5, 0.6) is 11.5 Å². The zero-order valence-electron chi connectivity index (χ0n) is 19.5. The summed E-state index contributed by atoms with van der Waals surface area (Å²) >= 11 is 0. The molecule has 0 radical (unpaired) electrons. The summed E-state index contributed by atoms with van der Waals surface area (Å²) in [5.41, 5.74) is 2.34. The Hall–Kier alpha value is -4.86. The van der Waals surface area contributed by atoms with E-state index in [2.05, 4.69) is 9.97 Å². The Kier molecular flexibility index (Phi) is 7.76. The van der Waals surface area contributed by atoms with Crippen LogP contribution in [0.3, 0.4) is 0 Å². The average molecular weight is 490 g/mol. The highest BCUT2D eigenvalue weighted by atomic mass is 16.5. The van der Waals surface area contributed by atoms with Gasteiger partial charge in [-0.05, 0) is 48.5 Å². The standard InChI is InChI=1S/C26H22N2O8/c1-31-21-7-3-17(4-8-21)25-27-19(15-35-25)13-33-23(29)11-12-24(30)34-14-20-16-36-26(28-20)18-5-9-22(32-2)10-6-18/h3-12,15-16H,13-14H2,1-2H3/b12-11+. The van der Waals surface area contributed by atoms with Crippen LogP contribution in [-0.4, -0.2) is 36.1 Å². The molecule has 2 heterocycles. The van der Waals surface area contributed by atoms with Crippen molar-refractivity contribution in [3.05, 3.63) is 84.6 Å². The summed E-state index contributed by atoms with van der Waals surface area (Å²) in [4.78, 5) is 32.4. The van der Waals surface area contributed by atoms with E-state index in [1.54, 1.807) is 62.8 Å². The molecule has 0 N–H and O–H groups in total. The van der Waals surface area contributed by atoms with Gasteiger partial charge in [0.2, 0.25) is 11.8 Å². The van der Waals surface area contributed by atoms with Crippen LogP contribution >= 0.6 is 0 Å². The van der Waals surface area contributed by atoms with Gasteiger partial charge in [0, 0.05) is 23.3 Å². The van der Waals surface area contributed by atoms with Gasteiger partial charge in [0.25, 0.3) is 0 Å². The van der Waals surface area contributed by atoms with Crippen molar-refractivity contribution in [3.63, 3.8) is 0 Å². The molecule has 2 aromatic heterocycles. The van der Waals surface area contributed by atoms with Gasteiger partial charge in [0.05, 0.1) is 14.2 Å². The van der Waals surface area contributed by atoms with E-state index in [4.69, 9.17) is 27.8 Å². The summed E-state index contributed by atoms with van der Waals surface area (Å²) in [6, 6.07) is 14.3. The smallest absolute Gasteiger partial charge is 0.331 e. The van der Waals surface area contributed by atoms with Crippen LogP contribution < -0.4 is 9.47 Å². The number of oxazole rings is 2. The SMILES string of the molecule is COc1ccc(-c2nc(COC(=O)/C=C/C(=O)OCc3coc(-c4ccc(OC)cc4)n3)co2)cc1. The lowest BCUT2D eigenvalue weighted by Crippen LogP contribution is -2.05. The second-order valence-electron chi connectivity index (χ2n) is 7.29. The molecule has 2 aromatic carbocycles. The van der Waals surface area contributed by atoms with Gasteiger partial charge in [-0.3, -0.25) is 0 Å². The monoisotopic (exact) mass is 490 g/mol. The van der Waals surface area contributed by atoms with Gasteiger partial charge in [0.15, 0.2) is 0 Å². The van der Waals surface area contributed by atoms with Crippen molar-refractivity contribution in [2.24, 2.45) is 0 Å². The van der Waals surface area contributed by atoms with Crippen LogP contribution in [0.15, 0.2) is 82.0 Å². The summed E-state index contributed by atoms with van der Waals surface area (Å²) in [5, 5.41) is 0. The minimum Gasteiger partial charge on any atom is -0.497 e. The quantitative estimate of drug-likeness (QED) is 0.234. The first-order chi connectivity index (χ1) is 17.5. The predicted octanol–water partition coefficient (Wildman–Crippen LogP) is 4.36. The Morgan fingerprint density at radius 2 is 1.08 bits per heavy atom. The summed E-state index contributed by atoms with van der Waals surface area (Å²) in [5.74, 6) is 0.721. The molecule has 0 unspecified atom stereocenters. The molecule has 10 nitrogen and oxygen atoms in total. The van der Waals surface area contributed by atoms with E-state index < -0.39 is 11.9 Å². The largest absolute Gasteiger partial charge is 0.497 e. The Balaban J connectivity index is 1.21. The highest BCUT2D eigenvalue weighted by Crippen LogP contribution is 2.23. The molecule has 0 aliphatic heterocycles. The Morgan fingerprint density at radius 3 is 1.44 bits per heavy atom. The van der Waals surface area contributed by atoms with Crippen molar-refractivity contribution in [3.8, 4) is 34.4 Å². The minimum atomic E-state index is -0.732. The van der Waals surface area contributed by atoms with Crippen molar-refractivity contribution in [1.29, 1.82) is 0 Å². The van der Waals surface area contributed by atoms with E-state index in [0.29, 0.717) is 34.7 Å². The van der Waals surface area contributed by atoms with Crippen LogP contribution in [0.4, 0.5) is 0 Å². The van der Waals surface area contributed by atoms with E-state index in [9.17, 15) is 9.59 Å². The van der Waals surface area contributed by atoms with Gasteiger partial charge < -0.3 is 27.8 Å². The molecule has 0 spiro atoms. The van der Waals surface area contributed by atoms with Gasteiger partial charge in [-0.25, -0.2) is 19.6 Å². The third kappa shape index (κ3) is 6.38. The van der Waals surface area contributed by atoms with Crippen molar-refractivity contribution < 1.29 is 37.4 Å². The first-order valence-electron chi connectivity index (χ1n) is 10.7. The fourth-order valence-corrected chi connectivity index (χ4v) is 3.00. The molecule has 0 saturated carbocycles. The Morgan fingerprint density at radius 1 is 0.694 bits per heavy atom. The van der Waals surface area contributed by atoms with Crippen molar-refractivity contribution in [2.75, 3.05) is 14.2 Å². The van der Waals surface area contributed by atoms with Gasteiger partial charge in [-0.1, -0.05) is 0 Å². The molecule has 0 bridgehead atoms. The number of esters is 2. The topological polar surface area (TPSA) is 123 Å². The third-order valence-electron chi connectivity index (χ3n) is 4.86. The molecule has 0 saturated heterocycles. The lowest BCUT2D eigenvalue weighted by molar-refractivity contribution is -0.141. The third-order valence-corrected chi connectivity index (χ3v) is 4.86. The van der Waals surface area contributed by atoms with E-state index in [1.807, 2.05) is 0 Å². The molecule has 4 rings (SSSR count). The number of aromatic nitrogens is 2. The number of hydrogen-bond acceptors (Lipinski definition) is 10. The van der Waals surface area contributed by atoms with E-state index >= 15 is 0 Å². The lowest BCUT2D eigenvalue weighted by atomic mass is 10.2. The number of ether oxygens (including phenoxy) is 4. The summed E-state index contributed by atoms with van der Waals surface area (Å²) in [7, 11) is 3.16. The number of hydrogen-bond donors (Lipinski definition) is 0. The zero-order chi connectivity index (χ0) is 25.3. The fraction of sp³-hybridized carbons (Fsp3) is 0.154. The highest BCUT2D eigenvalue weighted by Gasteiger charge is 2.11. The molecule has 0 atom stereocenters. The molecule has 184 valence electrons. The van der Waals surface area contributed by atoms with Crippen molar-refractivity contribution in [2.45, 2.75) is 13.2 Å². The van der Waals surface area contributed by atoms with E-state index in [-0.39, 0.29) is 13.2 Å². The summed E-state index contributed by atoms with van der Waals surface area (Å²) in [6.07, 6.45) is 4.72. The summed E-state index contributed by atoms with van der Waals surface area (Å²) in [6.45, 7) is -0.240. The second-order valence-corrected chi connectivity index (χ2v) is 7.29. The molecular formula is C26H22N2O8. The normalized spacial score (nSPS) is 10.8. The lowest BCUT2D eigenvalue weighted by Gasteiger charge is -2.00. The highest BCUT2D eigenvalue weighted by molar-refractivity contribution is 5.91. The van der Waals surface area contributed by atoms with Gasteiger partial charge in [-0.2, -0.15) is 0 Å². The van der Waals surface area contributed by atoms with Gasteiger partial charge in [-0.15, -0.1) is 0 Å². The maximum absolute atomic E-state index is 11.9. The molecule has 4 aromatic rings. The van der Waals surface area contributed by atoms with Crippen molar-refractivity contribution >= 4 is 11.9 Å². The minimum absolute atomic E-state index is 0.120. The van der Waals surface area contributed by atoms with Gasteiger partial charge >= 0.3 is 11.9 Å². The van der Waals surface area contributed by atoms with Crippen LogP contribution in [-0.2, 0) is 32.3 Å². The Labute approximate surface area is 206 Å². The molecule has 0 aliphatic rings. The van der Waals surface area contributed by atoms with E-state index in [1.165, 1.54) is 12.5 Å². The number of carbonyl (C=O) groups is 2. The van der Waals surface area contributed by atoms with Gasteiger partial charge in [0.1, 0.15) is 48.6 Å². The maximum Gasteiger partial charge on any atom is 0.331 e. The van der Waals surface area contributed by atoms with Crippen LogP contribution in [0, 0.1) is 0 Å². The number of rotatable bonds is 10. The molecule has 10 heteroatoms. The van der Waals surface area contributed by atoms with Crippen LogP contribution in [0.2, 0.25) is 0 Å². The second kappa shape index (κ2) is 11.5. The molecule has 0 amide bonds.